The summed E-state index contributed by atoms with van der Waals surface area (Å²) in [6, 6.07) is 0. The van der Waals surface area contributed by atoms with Gasteiger partial charge in [0.15, 0.2) is 13.1 Å². The molecule has 0 heterocycles. The molecule has 0 aromatic carbocycles. The van der Waals surface area contributed by atoms with Gasteiger partial charge in [-0.15, -0.1) is 0 Å². The van der Waals surface area contributed by atoms with E-state index in [1.165, 1.54) is 141 Å². The van der Waals surface area contributed by atoms with Crippen LogP contribution in [-0.4, -0.2) is 111 Å². The summed E-state index contributed by atoms with van der Waals surface area (Å²) in [6.45, 7) is 10.4. The third kappa shape index (κ3) is 31.5. The maximum atomic E-state index is 12.6. The van der Waals surface area contributed by atoms with Crippen LogP contribution in [0.5, 0.6) is 0 Å². The fourth-order valence-corrected chi connectivity index (χ4v) is 7.20. The van der Waals surface area contributed by atoms with Crippen LogP contribution in [0.15, 0.2) is 0 Å². The van der Waals surface area contributed by atoms with E-state index < -0.39 is 0 Å². The first kappa shape index (κ1) is 48.8. The molecule has 0 aliphatic heterocycles. The molecule has 2 amide bonds. The lowest BCUT2D eigenvalue weighted by atomic mass is 10.1. The fourth-order valence-electron chi connectivity index (χ4n) is 7.20. The summed E-state index contributed by atoms with van der Waals surface area (Å²) < 4.78 is 1.25. The summed E-state index contributed by atoms with van der Waals surface area (Å²) in [4.78, 5) is 25.2. The minimum absolute atomic E-state index is 0.121. The predicted molar refractivity (Wildman–Crippen MR) is 213 cm³/mol. The van der Waals surface area contributed by atoms with Gasteiger partial charge in [-0.1, -0.05) is 142 Å². The van der Waals surface area contributed by atoms with Crippen LogP contribution in [0.1, 0.15) is 181 Å². The van der Waals surface area contributed by atoms with Gasteiger partial charge in [0.1, 0.15) is 13.1 Å². The molecule has 2 atom stereocenters. The van der Waals surface area contributed by atoms with E-state index in [4.69, 9.17) is 0 Å². The van der Waals surface area contributed by atoms with E-state index in [-0.39, 0.29) is 25.0 Å². The number of rotatable bonds is 39. The number of likely N-dealkylation sites (N-methyl/N-ethyl adjacent to an activating group) is 2. The average Bonchev–Trinajstić information content (AvgIpc) is 3.07. The van der Waals surface area contributed by atoms with E-state index in [2.05, 4.69) is 38.6 Å². The zero-order valence-corrected chi connectivity index (χ0v) is 34.1. The van der Waals surface area contributed by atoms with Gasteiger partial charge in [0, 0.05) is 13.1 Å². The fraction of sp³-hybridized carbons (Fsp3) is 0.952. The SMILES string of the molecule is CCCCCCCCCCNC(=O)C[N+](C)(CCO)CCCCCCCCCCCC[N+](C)(CCO)CC(=O)NCCCCCCCCCC. The Balaban J connectivity index is 3.93. The highest BCUT2D eigenvalue weighted by molar-refractivity contribution is 5.77. The van der Waals surface area contributed by atoms with Gasteiger partial charge >= 0.3 is 0 Å². The predicted octanol–water partition coefficient (Wildman–Crippen LogP) is 8.28. The van der Waals surface area contributed by atoms with Crippen LogP contribution >= 0.6 is 0 Å². The lowest BCUT2D eigenvalue weighted by Crippen LogP contribution is -2.52. The molecule has 298 valence electrons. The Labute approximate surface area is 311 Å². The molecule has 0 rings (SSSR count). The van der Waals surface area contributed by atoms with Gasteiger partial charge in [0.25, 0.3) is 11.8 Å². The summed E-state index contributed by atoms with van der Waals surface area (Å²) in [5.74, 6) is 0.242. The normalized spacial score (nSPS) is 14.0. The van der Waals surface area contributed by atoms with Crippen molar-refractivity contribution in [3.05, 3.63) is 0 Å². The lowest BCUT2D eigenvalue weighted by Gasteiger charge is -2.33. The van der Waals surface area contributed by atoms with E-state index in [9.17, 15) is 19.8 Å². The molecule has 0 fully saturated rings. The number of hydrogen-bond acceptors (Lipinski definition) is 4. The van der Waals surface area contributed by atoms with E-state index in [1.54, 1.807) is 0 Å². The topological polar surface area (TPSA) is 98.7 Å². The molecule has 0 spiro atoms. The minimum atomic E-state index is 0.121. The van der Waals surface area contributed by atoms with Gasteiger partial charge in [-0.25, -0.2) is 0 Å². The number of hydrogen-bond donors (Lipinski definition) is 4. The van der Waals surface area contributed by atoms with Crippen molar-refractivity contribution in [3.8, 4) is 0 Å². The molecule has 4 N–H and O–H groups in total. The first-order chi connectivity index (χ1) is 24.2. The third-order valence-electron chi connectivity index (χ3n) is 10.7. The quantitative estimate of drug-likeness (QED) is 0.0381. The number of quaternary nitrogens is 2. The Bertz CT molecular complexity index is 708. The highest BCUT2D eigenvalue weighted by atomic mass is 16.3. The van der Waals surface area contributed by atoms with E-state index in [1.807, 2.05) is 0 Å². The standard InChI is InChI=1S/C42H86N4O4/c1-5-7-9-11-13-19-23-27-31-43-41(49)39-45(3,35-37-47)33-29-25-21-17-15-16-18-22-26-30-34-46(4,36-38-48)40-42(50)44-32-28-24-20-14-12-10-8-6-2/h47-48H,5-40H2,1-4H3/p+2. The summed E-state index contributed by atoms with van der Waals surface area (Å²) >= 11 is 0. The third-order valence-corrected chi connectivity index (χ3v) is 10.7. The molecule has 8 heteroatoms. The van der Waals surface area contributed by atoms with Crippen LogP contribution < -0.4 is 10.6 Å². The first-order valence-electron chi connectivity index (χ1n) is 21.7. The van der Waals surface area contributed by atoms with Crippen molar-refractivity contribution in [1.82, 2.24) is 10.6 Å². The molecule has 0 saturated heterocycles. The Morgan fingerprint density at radius 2 is 0.660 bits per heavy atom. The molecule has 0 bridgehead atoms. The molecular weight excluding hydrogens is 624 g/mol. The maximum Gasteiger partial charge on any atom is 0.275 e. The number of amides is 2. The van der Waals surface area contributed by atoms with E-state index in [0.29, 0.717) is 35.1 Å². The van der Waals surface area contributed by atoms with Crippen LogP contribution in [0.25, 0.3) is 0 Å². The number of nitrogens with zero attached hydrogens (tertiary/aromatic N) is 2. The average molecular weight is 713 g/mol. The second-order valence-electron chi connectivity index (χ2n) is 16.1. The number of carbonyl (C=O) groups is 2. The van der Waals surface area contributed by atoms with Crippen molar-refractivity contribution in [2.45, 2.75) is 181 Å². The molecule has 0 saturated carbocycles. The first-order valence-corrected chi connectivity index (χ1v) is 21.7. The summed E-state index contributed by atoms with van der Waals surface area (Å²) in [6.07, 6.45) is 32.5. The Morgan fingerprint density at radius 1 is 0.400 bits per heavy atom. The molecule has 8 nitrogen and oxygen atoms in total. The van der Waals surface area contributed by atoms with Gasteiger partial charge in [0.05, 0.1) is 40.4 Å². The second kappa shape index (κ2) is 34.8. The number of unbranched alkanes of at least 4 members (excludes halogenated alkanes) is 23. The number of aliphatic hydroxyl groups is 2. The van der Waals surface area contributed by atoms with Gasteiger partial charge in [0.2, 0.25) is 0 Å². The Morgan fingerprint density at radius 3 is 0.940 bits per heavy atom. The van der Waals surface area contributed by atoms with Crippen molar-refractivity contribution in [2.75, 3.05) is 79.7 Å². The van der Waals surface area contributed by atoms with Gasteiger partial charge in [-0.3, -0.25) is 9.59 Å². The molecule has 0 aromatic heterocycles. The summed E-state index contributed by atoms with van der Waals surface area (Å²) in [5.41, 5.74) is 0. The smallest absolute Gasteiger partial charge is 0.275 e. The molecule has 0 aromatic rings. The Kier molecular flexibility index (Phi) is 34.0. The van der Waals surface area contributed by atoms with Gasteiger partial charge < -0.3 is 29.8 Å². The van der Waals surface area contributed by atoms with Crippen molar-refractivity contribution in [1.29, 1.82) is 0 Å². The summed E-state index contributed by atoms with van der Waals surface area (Å²) in [5, 5.41) is 25.5. The molecule has 0 aliphatic carbocycles. The molecule has 2 unspecified atom stereocenters. The monoisotopic (exact) mass is 713 g/mol. The molecule has 0 aliphatic rings. The molecule has 0 radical (unpaired) electrons. The zero-order chi connectivity index (χ0) is 37.0. The van der Waals surface area contributed by atoms with Crippen molar-refractivity contribution >= 4 is 11.8 Å². The van der Waals surface area contributed by atoms with Crippen LogP contribution in [0.2, 0.25) is 0 Å². The summed E-state index contributed by atoms with van der Waals surface area (Å²) in [7, 11) is 4.23. The molecular formula is C42H88N4O4+2. The number of aliphatic hydroxyl groups excluding tert-OH is 2. The van der Waals surface area contributed by atoms with Crippen LogP contribution in [0.4, 0.5) is 0 Å². The maximum absolute atomic E-state index is 12.6. The second-order valence-corrected chi connectivity index (χ2v) is 16.1. The van der Waals surface area contributed by atoms with Gasteiger partial charge in [-0.05, 0) is 38.5 Å². The lowest BCUT2D eigenvalue weighted by molar-refractivity contribution is -0.902. The van der Waals surface area contributed by atoms with Crippen molar-refractivity contribution in [3.63, 3.8) is 0 Å². The van der Waals surface area contributed by atoms with E-state index >= 15 is 0 Å². The van der Waals surface area contributed by atoms with Crippen LogP contribution in [0, 0.1) is 0 Å². The number of carbonyl (C=O) groups excluding carboxylic acids is 2. The molecule has 50 heavy (non-hydrogen) atoms. The van der Waals surface area contributed by atoms with Crippen molar-refractivity contribution < 1.29 is 28.8 Å². The van der Waals surface area contributed by atoms with Crippen LogP contribution in [-0.2, 0) is 9.59 Å². The highest BCUT2D eigenvalue weighted by Gasteiger charge is 2.25. The Hall–Kier alpha value is -1.22. The van der Waals surface area contributed by atoms with Crippen molar-refractivity contribution in [2.24, 2.45) is 0 Å². The largest absolute Gasteiger partial charge is 0.391 e. The van der Waals surface area contributed by atoms with E-state index in [0.717, 1.165) is 51.9 Å². The number of nitrogens with one attached hydrogen (secondary N) is 2. The van der Waals surface area contributed by atoms with Crippen LogP contribution in [0.3, 0.4) is 0 Å². The minimum Gasteiger partial charge on any atom is -0.391 e. The highest BCUT2D eigenvalue weighted by Crippen LogP contribution is 2.15. The van der Waals surface area contributed by atoms with Gasteiger partial charge in [-0.2, -0.15) is 0 Å². The zero-order valence-electron chi connectivity index (χ0n) is 34.1.